The van der Waals surface area contributed by atoms with Crippen molar-refractivity contribution < 1.29 is 8.22 Å². The normalized spacial score (nSPS) is 11.2. The van der Waals surface area contributed by atoms with E-state index in [1.165, 1.54) is 0 Å². The number of rotatable bonds is 3. The van der Waals surface area contributed by atoms with Crippen LogP contribution in [0.15, 0.2) is 36.4 Å². The summed E-state index contributed by atoms with van der Waals surface area (Å²) in [5.41, 5.74) is 0.979. The standard InChI is InChI=1S/C9H10F2Si/c10-12(11)8-4-7-9-5-2-1-3-6-9/h1-7,12H,8H2. The van der Waals surface area contributed by atoms with Crippen molar-refractivity contribution in [2.45, 2.75) is 6.04 Å². The van der Waals surface area contributed by atoms with Crippen LogP contribution in [0.3, 0.4) is 0 Å². The van der Waals surface area contributed by atoms with E-state index in [1.807, 2.05) is 30.3 Å². The lowest BCUT2D eigenvalue weighted by atomic mass is 10.2. The summed E-state index contributed by atoms with van der Waals surface area (Å²) in [6, 6.07) is 9.43. The van der Waals surface area contributed by atoms with Crippen LogP contribution in [0, 0.1) is 0 Å². The summed E-state index contributed by atoms with van der Waals surface area (Å²) >= 11 is 0. The van der Waals surface area contributed by atoms with E-state index in [1.54, 1.807) is 12.2 Å². The summed E-state index contributed by atoms with van der Waals surface area (Å²) < 4.78 is 23.7. The van der Waals surface area contributed by atoms with Gasteiger partial charge in [-0.3, -0.25) is 8.22 Å². The average molecular weight is 184 g/mol. The number of benzene rings is 1. The van der Waals surface area contributed by atoms with E-state index < -0.39 is 9.46 Å². The molecule has 64 valence electrons. The molecule has 0 bridgehead atoms. The second-order valence-corrected chi connectivity index (χ2v) is 3.69. The summed E-state index contributed by atoms with van der Waals surface area (Å²) in [6.07, 6.45) is 3.28. The van der Waals surface area contributed by atoms with Crippen LogP contribution < -0.4 is 0 Å². The minimum Gasteiger partial charge on any atom is -0.274 e. The first-order valence-corrected chi connectivity index (χ1v) is 5.47. The maximum Gasteiger partial charge on any atom is 0.415 e. The molecule has 0 radical (unpaired) electrons. The van der Waals surface area contributed by atoms with Gasteiger partial charge in [0.25, 0.3) is 0 Å². The number of allylic oxidation sites excluding steroid dienone is 1. The van der Waals surface area contributed by atoms with Crippen LogP contribution in [0.5, 0.6) is 0 Å². The molecule has 0 heterocycles. The molecule has 0 saturated heterocycles. The Balaban J connectivity index is 2.47. The third-order valence-corrected chi connectivity index (χ3v) is 2.05. The summed E-state index contributed by atoms with van der Waals surface area (Å²) in [5.74, 6) is 0. The lowest BCUT2D eigenvalue weighted by Crippen LogP contribution is -1.90. The highest BCUT2D eigenvalue weighted by molar-refractivity contribution is 6.43. The van der Waals surface area contributed by atoms with Crippen LogP contribution in [0.1, 0.15) is 5.56 Å². The first-order chi connectivity index (χ1) is 5.79. The van der Waals surface area contributed by atoms with Crippen molar-refractivity contribution in [1.82, 2.24) is 0 Å². The van der Waals surface area contributed by atoms with Gasteiger partial charge in [-0.15, -0.1) is 0 Å². The second kappa shape index (κ2) is 4.82. The molecule has 0 aliphatic heterocycles. The van der Waals surface area contributed by atoms with E-state index in [9.17, 15) is 8.22 Å². The van der Waals surface area contributed by atoms with Crippen molar-refractivity contribution in [3.05, 3.63) is 42.0 Å². The summed E-state index contributed by atoms with van der Waals surface area (Å²) in [5, 5.41) is 0. The average Bonchev–Trinajstić information content (AvgIpc) is 2.05. The van der Waals surface area contributed by atoms with Crippen molar-refractivity contribution in [3.8, 4) is 0 Å². The molecule has 0 saturated carbocycles. The Morgan fingerprint density at radius 3 is 2.42 bits per heavy atom. The molecule has 0 aliphatic carbocycles. The minimum atomic E-state index is -3.40. The second-order valence-electron chi connectivity index (χ2n) is 2.44. The zero-order chi connectivity index (χ0) is 8.81. The Morgan fingerprint density at radius 2 is 1.83 bits per heavy atom. The van der Waals surface area contributed by atoms with Gasteiger partial charge < -0.3 is 0 Å². The quantitative estimate of drug-likeness (QED) is 0.500. The van der Waals surface area contributed by atoms with E-state index in [2.05, 4.69) is 0 Å². The first-order valence-electron chi connectivity index (χ1n) is 3.79. The maximum absolute atomic E-state index is 11.8. The Bertz CT molecular complexity index is 244. The largest absolute Gasteiger partial charge is 0.415 e. The molecule has 0 amide bonds. The van der Waals surface area contributed by atoms with Crippen molar-refractivity contribution in [3.63, 3.8) is 0 Å². The van der Waals surface area contributed by atoms with Gasteiger partial charge in [-0.05, 0) is 5.56 Å². The van der Waals surface area contributed by atoms with Gasteiger partial charge in [0, 0.05) is 6.04 Å². The van der Waals surface area contributed by atoms with E-state index in [0.29, 0.717) is 0 Å². The molecule has 1 aromatic carbocycles. The fourth-order valence-electron chi connectivity index (χ4n) is 0.871. The molecule has 1 aromatic rings. The van der Waals surface area contributed by atoms with Gasteiger partial charge in [0.15, 0.2) is 0 Å². The Hall–Kier alpha value is -0.963. The third kappa shape index (κ3) is 3.43. The van der Waals surface area contributed by atoms with E-state index in [-0.39, 0.29) is 6.04 Å². The van der Waals surface area contributed by atoms with Crippen LogP contribution >= 0.6 is 0 Å². The van der Waals surface area contributed by atoms with Gasteiger partial charge in [0.05, 0.1) is 0 Å². The lowest BCUT2D eigenvalue weighted by Gasteiger charge is -1.90. The molecule has 0 aromatic heterocycles. The monoisotopic (exact) mass is 184 g/mol. The van der Waals surface area contributed by atoms with Crippen LogP contribution in [0.4, 0.5) is 8.22 Å². The molecule has 1 rings (SSSR count). The van der Waals surface area contributed by atoms with E-state index in [0.717, 1.165) is 5.56 Å². The van der Waals surface area contributed by atoms with Crippen molar-refractivity contribution >= 4 is 15.5 Å². The highest BCUT2D eigenvalue weighted by Crippen LogP contribution is 2.04. The molecule has 0 nitrogen and oxygen atoms in total. The summed E-state index contributed by atoms with van der Waals surface area (Å²) in [6.45, 7) is 0. The third-order valence-electron chi connectivity index (χ3n) is 1.42. The van der Waals surface area contributed by atoms with E-state index >= 15 is 0 Å². The van der Waals surface area contributed by atoms with Crippen LogP contribution in [0.2, 0.25) is 6.04 Å². The molecular weight excluding hydrogens is 174 g/mol. The Kier molecular flexibility index (Phi) is 3.67. The van der Waals surface area contributed by atoms with Crippen LogP contribution in [0.25, 0.3) is 6.08 Å². The molecule has 0 aliphatic rings. The zero-order valence-electron chi connectivity index (χ0n) is 6.58. The lowest BCUT2D eigenvalue weighted by molar-refractivity contribution is 0.664. The molecule has 0 fully saturated rings. The number of halogens is 2. The predicted octanol–water partition coefficient (Wildman–Crippen LogP) is 2.86. The molecular formula is C9H10F2Si. The fourth-order valence-corrected chi connectivity index (χ4v) is 1.21. The smallest absolute Gasteiger partial charge is 0.274 e. The number of hydrogen-bond donors (Lipinski definition) is 0. The van der Waals surface area contributed by atoms with Crippen LogP contribution in [-0.2, 0) is 0 Å². The van der Waals surface area contributed by atoms with Gasteiger partial charge in [-0.1, -0.05) is 42.5 Å². The van der Waals surface area contributed by atoms with Gasteiger partial charge in [0.1, 0.15) is 0 Å². The van der Waals surface area contributed by atoms with Crippen molar-refractivity contribution in [2.75, 3.05) is 0 Å². The van der Waals surface area contributed by atoms with E-state index in [4.69, 9.17) is 0 Å². The topological polar surface area (TPSA) is 0 Å². The molecule has 0 unspecified atom stereocenters. The predicted molar refractivity (Wildman–Crippen MR) is 49.6 cm³/mol. The van der Waals surface area contributed by atoms with Gasteiger partial charge in [-0.2, -0.15) is 0 Å². The number of hydrogen-bond acceptors (Lipinski definition) is 0. The maximum atomic E-state index is 11.8. The molecule has 3 heteroatoms. The van der Waals surface area contributed by atoms with Crippen LogP contribution in [-0.4, -0.2) is 9.46 Å². The first kappa shape index (κ1) is 9.13. The van der Waals surface area contributed by atoms with Crippen molar-refractivity contribution in [2.24, 2.45) is 0 Å². The van der Waals surface area contributed by atoms with Crippen molar-refractivity contribution in [1.29, 1.82) is 0 Å². The Morgan fingerprint density at radius 1 is 1.17 bits per heavy atom. The fraction of sp³-hybridized carbons (Fsp3) is 0.111. The van der Waals surface area contributed by atoms with Gasteiger partial charge >= 0.3 is 9.46 Å². The molecule has 0 spiro atoms. The molecule has 0 N–H and O–H groups in total. The zero-order valence-corrected chi connectivity index (χ0v) is 7.74. The summed E-state index contributed by atoms with van der Waals surface area (Å²) in [4.78, 5) is 0. The van der Waals surface area contributed by atoms with Gasteiger partial charge in [-0.25, -0.2) is 0 Å². The SMILES string of the molecule is F[SiH](F)CC=Cc1ccccc1. The molecule has 12 heavy (non-hydrogen) atoms. The molecule has 0 atom stereocenters. The highest BCUT2D eigenvalue weighted by atomic mass is 28.4. The highest BCUT2D eigenvalue weighted by Gasteiger charge is 2.01. The minimum absolute atomic E-state index is 0.0328. The summed E-state index contributed by atoms with van der Waals surface area (Å²) in [7, 11) is -3.40. The Labute approximate surface area is 72.5 Å². The van der Waals surface area contributed by atoms with Gasteiger partial charge in [0.2, 0.25) is 0 Å².